The van der Waals surface area contributed by atoms with Crippen LogP contribution in [0.15, 0.2) is 73.1 Å². The molecule has 2 aromatic carbocycles. The zero-order valence-corrected chi connectivity index (χ0v) is 13.6. The van der Waals surface area contributed by atoms with Crippen LogP contribution in [0.1, 0.15) is 16.7 Å². The molecule has 120 valence electrons. The fraction of sp³-hybridized carbons (Fsp3) is 0.0952. The third-order valence-electron chi connectivity index (χ3n) is 3.60. The Morgan fingerprint density at radius 3 is 2.33 bits per heavy atom. The van der Waals surface area contributed by atoms with Gasteiger partial charge in [0.15, 0.2) is 11.5 Å². The summed E-state index contributed by atoms with van der Waals surface area (Å²) in [5.41, 5.74) is 3.28. The van der Waals surface area contributed by atoms with Crippen molar-refractivity contribution in [2.24, 2.45) is 0 Å². The summed E-state index contributed by atoms with van der Waals surface area (Å²) in [7, 11) is 1.65. The van der Waals surface area contributed by atoms with Crippen LogP contribution in [0.3, 0.4) is 0 Å². The average molecular weight is 317 g/mol. The predicted molar refractivity (Wildman–Crippen MR) is 96.9 cm³/mol. The van der Waals surface area contributed by atoms with E-state index in [0.717, 1.165) is 28.2 Å². The van der Waals surface area contributed by atoms with Gasteiger partial charge in [0.1, 0.15) is 6.61 Å². The van der Waals surface area contributed by atoms with Crippen LogP contribution in [0.4, 0.5) is 0 Å². The van der Waals surface area contributed by atoms with Crippen LogP contribution >= 0.6 is 0 Å². The highest BCUT2D eigenvalue weighted by Crippen LogP contribution is 2.29. The van der Waals surface area contributed by atoms with E-state index in [2.05, 4.69) is 4.98 Å². The zero-order valence-electron chi connectivity index (χ0n) is 13.6. The van der Waals surface area contributed by atoms with Gasteiger partial charge in [-0.25, -0.2) is 0 Å². The van der Waals surface area contributed by atoms with Gasteiger partial charge < -0.3 is 9.47 Å². The maximum Gasteiger partial charge on any atom is 0.161 e. The Balaban J connectivity index is 1.72. The van der Waals surface area contributed by atoms with Crippen molar-refractivity contribution < 1.29 is 9.47 Å². The van der Waals surface area contributed by atoms with Crippen molar-refractivity contribution in [3.63, 3.8) is 0 Å². The smallest absolute Gasteiger partial charge is 0.161 e. The van der Waals surface area contributed by atoms with E-state index in [9.17, 15) is 0 Å². The zero-order chi connectivity index (χ0) is 16.6. The van der Waals surface area contributed by atoms with E-state index in [4.69, 9.17) is 9.47 Å². The van der Waals surface area contributed by atoms with Crippen LogP contribution in [0.5, 0.6) is 11.5 Å². The first-order chi connectivity index (χ1) is 11.8. The highest BCUT2D eigenvalue weighted by atomic mass is 16.5. The molecule has 0 bridgehead atoms. The van der Waals surface area contributed by atoms with Crippen LogP contribution in [0, 0.1) is 0 Å². The van der Waals surface area contributed by atoms with E-state index in [-0.39, 0.29) is 0 Å². The number of nitrogens with zero attached hydrogens (tertiary/aromatic N) is 1. The molecule has 0 amide bonds. The van der Waals surface area contributed by atoms with Crippen molar-refractivity contribution in [1.29, 1.82) is 0 Å². The Morgan fingerprint density at radius 2 is 1.58 bits per heavy atom. The third kappa shape index (κ3) is 4.23. The minimum Gasteiger partial charge on any atom is -0.493 e. The van der Waals surface area contributed by atoms with Gasteiger partial charge >= 0.3 is 0 Å². The molecule has 3 nitrogen and oxygen atoms in total. The summed E-state index contributed by atoms with van der Waals surface area (Å²) < 4.78 is 11.3. The molecule has 0 radical (unpaired) electrons. The van der Waals surface area contributed by atoms with Crippen molar-refractivity contribution in [2.75, 3.05) is 7.11 Å². The van der Waals surface area contributed by atoms with Crippen molar-refractivity contribution in [2.45, 2.75) is 6.61 Å². The second kappa shape index (κ2) is 7.97. The Morgan fingerprint density at radius 1 is 0.833 bits per heavy atom. The van der Waals surface area contributed by atoms with Crippen molar-refractivity contribution in [3.8, 4) is 11.5 Å². The molecule has 0 aliphatic rings. The standard InChI is InChI=1S/C21H19NO2/c1-23-21-15-18(8-7-17-11-13-22-14-12-17)9-10-20(21)24-16-19-5-3-2-4-6-19/h2-15H,16H2,1H3/b8-7+. The van der Waals surface area contributed by atoms with Crippen LogP contribution in [-0.4, -0.2) is 12.1 Å². The lowest BCUT2D eigenvalue weighted by molar-refractivity contribution is 0.284. The molecule has 1 heterocycles. The SMILES string of the molecule is COc1cc(/C=C/c2ccncc2)ccc1OCc1ccccc1. The van der Waals surface area contributed by atoms with Gasteiger partial charge in [0.25, 0.3) is 0 Å². The number of rotatable bonds is 6. The first-order valence-corrected chi connectivity index (χ1v) is 7.78. The number of hydrogen-bond donors (Lipinski definition) is 0. The van der Waals surface area contributed by atoms with Gasteiger partial charge in [0.2, 0.25) is 0 Å². The second-order valence-corrected chi connectivity index (χ2v) is 5.30. The summed E-state index contributed by atoms with van der Waals surface area (Å²) >= 11 is 0. The quantitative estimate of drug-likeness (QED) is 0.652. The Labute approximate surface area is 142 Å². The van der Waals surface area contributed by atoms with Gasteiger partial charge in [-0.1, -0.05) is 48.6 Å². The van der Waals surface area contributed by atoms with Crippen molar-refractivity contribution >= 4 is 12.2 Å². The normalized spacial score (nSPS) is 10.7. The van der Waals surface area contributed by atoms with Crippen LogP contribution in [0.25, 0.3) is 12.2 Å². The van der Waals surface area contributed by atoms with Gasteiger partial charge in [0.05, 0.1) is 7.11 Å². The topological polar surface area (TPSA) is 31.4 Å². The Kier molecular flexibility index (Phi) is 5.25. The number of pyridine rings is 1. The van der Waals surface area contributed by atoms with Crippen LogP contribution < -0.4 is 9.47 Å². The minimum absolute atomic E-state index is 0.517. The molecule has 3 aromatic rings. The fourth-order valence-corrected chi connectivity index (χ4v) is 2.31. The number of hydrogen-bond acceptors (Lipinski definition) is 3. The molecule has 0 saturated carbocycles. The predicted octanol–water partition coefficient (Wildman–Crippen LogP) is 4.84. The summed E-state index contributed by atoms with van der Waals surface area (Å²) in [5, 5.41) is 0. The summed E-state index contributed by atoms with van der Waals surface area (Å²) in [4.78, 5) is 4.01. The molecular formula is C21H19NO2. The number of aromatic nitrogens is 1. The molecule has 3 rings (SSSR count). The molecular weight excluding hydrogens is 298 g/mol. The second-order valence-electron chi connectivity index (χ2n) is 5.30. The van der Waals surface area contributed by atoms with Gasteiger partial charge in [-0.2, -0.15) is 0 Å². The average Bonchev–Trinajstić information content (AvgIpc) is 2.66. The van der Waals surface area contributed by atoms with E-state index in [1.54, 1.807) is 19.5 Å². The van der Waals surface area contributed by atoms with Gasteiger partial charge in [-0.15, -0.1) is 0 Å². The Hall–Kier alpha value is -3.07. The van der Waals surface area contributed by atoms with E-state index in [1.165, 1.54) is 0 Å². The van der Waals surface area contributed by atoms with E-state index < -0.39 is 0 Å². The maximum atomic E-state index is 5.87. The molecule has 0 N–H and O–H groups in total. The van der Waals surface area contributed by atoms with E-state index in [0.29, 0.717) is 6.61 Å². The van der Waals surface area contributed by atoms with Gasteiger partial charge in [-0.05, 0) is 41.0 Å². The van der Waals surface area contributed by atoms with Crippen LogP contribution in [0.2, 0.25) is 0 Å². The van der Waals surface area contributed by atoms with E-state index >= 15 is 0 Å². The summed E-state index contributed by atoms with van der Waals surface area (Å²) in [6.07, 6.45) is 7.64. The molecule has 0 fully saturated rings. The highest BCUT2D eigenvalue weighted by molar-refractivity contribution is 5.70. The molecule has 0 atom stereocenters. The lowest BCUT2D eigenvalue weighted by Gasteiger charge is -2.11. The maximum absolute atomic E-state index is 5.87. The number of ether oxygens (including phenoxy) is 2. The monoisotopic (exact) mass is 317 g/mol. The van der Waals surface area contributed by atoms with Gasteiger partial charge in [-0.3, -0.25) is 4.98 Å². The number of benzene rings is 2. The molecule has 0 spiro atoms. The summed E-state index contributed by atoms with van der Waals surface area (Å²) in [5.74, 6) is 1.46. The molecule has 1 aromatic heterocycles. The first kappa shape index (κ1) is 15.8. The molecule has 0 aliphatic carbocycles. The summed E-state index contributed by atoms with van der Waals surface area (Å²) in [6.45, 7) is 0.517. The van der Waals surface area contributed by atoms with Gasteiger partial charge in [0, 0.05) is 12.4 Å². The highest BCUT2D eigenvalue weighted by Gasteiger charge is 2.05. The molecule has 24 heavy (non-hydrogen) atoms. The van der Waals surface area contributed by atoms with E-state index in [1.807, 2.05) is 72.8 Å². The largest absolute Gasteiger partial charge is 0.493 e. The Bertz CT molecular complexity index is 799. The molecule has 0 unspecified atom stereocenters. The number of methoxy groups -OCH3 is 1. The fourth-order valence-electron chi connectivity index (χ4n) is 2.31. The molecule has 3 heteroatoms. The molecule has 0 aliphatic heterocycles. The first-order valence-electron chi connectivity index (χ1n) is 7.78. The van der Waals surface area contributed by atoms with Crippen molar-refractivity contribution in [3.05, 3.63) is 89.7 Å². The lowest BCUT2D eigenvalue weighted by Crippen LogP contribution is -1.97. The minimum atomic E-state index is 0.517. The lowest BCUT2D eigenvalue weighted by atomic mass is 10.1. The molecule has 0 saturated heterocycles. The summed E-state index contributed by atoms with van der Waals surface area (Å²) in [6, 6.07) is 19.9. The van der Waals surface area contributed by atoms with Crippen molar-refractivity contribution in [1.82, 2.24) is 4.98 Å². The van der Waals surface area contributed by atoms with Crippen LogP contribution in [-0.2, 0) is 6.61 Å². The third-order valence-corrected chi connectivity index (χ3v) is 3.60.